The van der Waals surface area contributed by atoms with E-state index in [1.807, 2.05) is 42.7 Å². The molecule has 0 unspecified atom stereocenters. The second-order valence-corrected chi connectivity index (χ2v) is 8.23. The molecular formula is C25H28N6O. The topological polar surface area (TPSA) is 71.9 Å². The molecule has 5 rings (SSSR count). The number of hydrogen-bond donors (Lipinski definition) is 1. The van der Waals surface area contributed by atoms with Crippen LogP contribution in [0.1, 0.15) is 11.3 Å². The van der Waals surface area contributed by atoms with Gasteiger partial charge < -0.3 is 19.8 Å². The molecule has 0 amide bonds. The molecule has 0 atom stereocenters. The van der Waals surface area contributed by atoms with Crippen molar-refractivity contribution in [2.24, 2.45) is 0 Å². The number of nitrogens with two attached hydrogens (primary N) is 1. The average Bonchev–Trinajstić information content (AvgIpc) is 3.17. The van der Waals surface area contributed by atoms with E-state index in [-0.39, 0.29) is 0 Å². The number of ether oxygens (including phenoxy) is 1. The number of rotatable bonds is 5. The zero-order valence-corrected chi connectivity index (χ0v) is 18.5. The molecule has 1 aliphatic heterocycles. The Labute approximate surface area is 188 Å². The van der Waals surface area contributed by atoms with Crippen molar-refractivity contribution in [1.29, 1.82) is 0 Å². The maximum atomic E-state index is 6.13. The minimum atomic E-state index is 0.730. The zero-order chi connectivity index (χ0) is 22.1. The lowest BCUT2D eigenvalue weighted by Crippen LogP contribution is -2.46. The van der Waals surface area contributed by atoms with Gasteiger partial charge in [0.2, 0.25) is 0 Å². The standard InChI is InChI=1S/C25H28N6O/c1-18-15-19(6-8-22(18)32-2)25-21(31-16-20(26)7-9-24(31)28-25)17-29-11-13-30(14-12-29)23-5-3-4-10-27-23/h3-10,15-16H,11-14,17,26H2,1-2H3. The van der Waals surface area contributed by atoms with E-state index in [0.717, 1.165) is 78.1 Å². The largest absolute Gasteiger partial charge is 0.496 e. The first-order valence-corrected chi connectivity index (χ1v) is 10.9. The molecule has 1 fully saturated rings. The maximum Gasteiger partial charge on any atom is 0.137 e. The van der Waals surface area contributed by atoms with Crippen molar-refractivity contribution >= 4 is 17.2 Å². The fourth-order valence-corrected chi connectivity index (χ4v) is 4.41. The lowest BCUT2D eigenvalue weighted by molar-refractivity contribution is 0.246. The van der Waals surface area contributed by atoms with Crippen molar-refractivity contribution in [2.75, 3.05) is 43.9 Å². The van der Waals surface area contributed by atoms with Crippen LogP contribution in [0.15, 0.2) is 60.9 Å². The minimum Gasteiger partial charge on any atom is -0.496 e. The number of piperazine rings is 1. The molecule has 4 aromatic rings. The molecule has 2 N–H and O–H groups in total. The summed E-state index contributed by atoms with van der Waals surface area (Å²) in [6, 6.07) is 16.2. The van der Waals surface area contributed by atoms with E-state index in [9.17, 15) is 0 Å². The van der Waals surface area contributed by atoms with Gasteiger partial charge in [-0.25, -0.2) is 9.97 Å². The normalized spacial score (nSPS) is 14.8. The molecule has 0 radical (unpaired) electrons. The number of nitrogen functional groups attached to an aromatic ring is 1. The van der Waals surface area contributed by atoms with Gasteiger partial charge >= 0.3 is 0 Å². The van der Waals surface area contributed by atoms with Crippen molar-refractivity contribution in [2.45, 2.75) is 13.5 Å². The molecule has 0 bridgehead atoms. The Morgan fingerprint density at radius 3 is 2.59 bits per heavy atom. The van der Waals surface area contributed by atoms with Crippen molar-refractivity contribution in [3.63, 3.8) is 0 Å². The quantitative estimate of drug-likeness (QED) is 0.524. The summed E-state index contributed by atoms with van der Waals surface area (Å²) < 4.78 is 7.58. The Morgan fingerprint density at radius 1 is 1.03 bits per heavy atom. The highest BCUT2D eigenvalue weighted by molar-refractivity contribution is 5.69. The van der Waals surface area contributed by atoms with E-state index >= 15 is 0 Å². The Morgan fingerprint density at radius 2 is 1.88 bits per heavy atom. The molecule has 0 spiro atoms. The molecular weight excluding hydrogens is 400 g/mol. The first kappa shape index (κ1) is 20.3. The second-order valence-electron chi connectivity index (χ2n) is 8.23. The summed E-state index contributed by atoms with van der Waals surface area (Å²) in [5.41, 5.74) is 12.1. The van der Waals surface area contributed by atoms with Gasteiger partial charge in [0.1, 0.15) is 17.2 Å². The number of benzene rings is 1. The van der Waals surface area contributed by atoms with Gasteiger partial charge in [-0.3, -0.25) is 4.90 Å². The van der Waals surface area contributed by atoms with Gasteiger partial charge in [-0.1, -0.05) is 6.07 Å². The average molecular weight is 429 g/mol. The molecule has 1 aromatic carbocycles. The fraction of sp³-hybridized carbons (Fsp3) is 0.280. The number of nitrogens with zero attached hydrogens (tertiary/aromatic N) is 5. The molecule has 32 heavy (non-hydrogen) atoms. The summed E-state index contributed by atoms with van der Waals surface area (Å²) in [6.07, 6.45) is 3.83. The molecule has 7 nitrogen and oxygen atoms in total. The van der Waals surface area contributed by atoms with E-state index in [4.69, 9.17) is 15.5 Å². The number of methoxy groups -OCH3 is 1. The number of fused-ring (bicyclic) bond motifs is 1. The first-order valence-electron chi connectivity index (χ1n) is 10.9. The molecule has 1 aliphatic rings. The van der Waals surface area contributed by atoms with Crippen LogP contribution in [0.4, 0.5) is 11.5 Å². The predicted octanol–water partition coefficient (Wildman–Crippen LogP) is 3.62. The number of hydrogen-bond acceptors (Lipinski definition) is 6. The number of pyridine rings is 2. The van der Waals surface area contributed by atoms with Crippen LogP contribution in [-0.2, 0) is 6.54 Å². The second kappa shape index (κ2) is 8.51. The van der Waals surface area contributed by atoms with Crippen molar-refractivity contribution in [1.82, 2.24) is 19.3 Å². The van der Waals surface area contributed by atoms with Gasteiger partial charge in [-0.2, -0.15) is 0 Å². The van der Waals surface area contributed by atoms with E-state index in [1.165, 1.54) is 0 Å². The molecule has 164 valence electrons. The van der Waals surface area contributed by atoms with Crippen molar-refractivity contribution in [3.05, 3.63) is 72.2 Å². The monoisotopic (exact) mass is 428 g/mol. The summed E-state index contributed by atoms with van der Waals surface area (Å²) in [5.74, 6) is 1.93. The van der Waals surface area contributed by atoms with Crippen LogP contribution in [0.5, 0.6) is 5.75 Å². The van der Waals surface area contributed by atoms with E-state index in [0.29, 0.717) is 0 Å². The first-order chi connectivity index (χ1) is 15.6. The maximum absolute atomic E-state index is 6.13. The predicted molar refractivity (Wildman–Crippen MR) is 128 cm³/mol. The smallest absolute Gasteiger partial charge is 0.137 e. The third-order valence-corrected chi connectivity index (χ3v) is 6.13. The number of aryl methyl sites for hydroxylation is 1. The summed E-state index contributed by atoms with van der Waals surface area (Å²) in [5, 5.41) is 0. The molecule has 1 saturated heterocycles. The number of aromatic nitrogens is 3. The van der Waals surface area contributed by atoms with Gasteiger partial charge in [0, 0.05) is 56.4 Å². The SMILES string of the molecule is COc1ccc(-c2nc3ccc(N)cn3c2CN2CCN(c3ccccn3)CC2)cc1C. The summed E-state index contributed by atoms with van der Waals surface area (Å²) in [4.78, 5) is 14.3. The Hall–Kier alpha value is -3.58. The summed E-state index contributed by atoms with van der Waals surface area (Å²) in [6.45, 7) is 6.70. The lowest BCUT2D eigenvalue weighted by atomic mass is 10.1. The molecule has 0 aliphatic carbocycles. The van der Waals surface area contributed by atoms with Gasteiger partial charge in [0.05, 0.1) is 18.5 Å². The van der Waals surface area contributed by atoms with Crippen LogP contribution in [0.3, 0.4) is 0 Å². The fourth-order valence-electron chi connectivity index (χ4n) is 4.41. The van der Waals surface area contributed by atoms with Crippen LogP contribution in [0.25, 0.3) is 16.9 Å². The lowest BCUT2D eigenvalue weighted by Gasteiger charge is -2.35. The number of imidazole rings is 1. The van der Waals surface area contributed by atoms with Crippen LogP contribution in [-0.4, -0.2) is 52.6 Å². The molecule has 3 aromatic heterocycles. The van der Waals surface area contributed by atoms with Crippen LogP contribution in [0, 0.1) is 6.92 Å². The van der Waals surface area contributed by atoms with Gasteiger partial charge in [-0.05, 0) is 55.0 Å². The highest BCUT2D eigenvalue weighted by atomic mass is 16.5. The van der Waals surface area contributed by atoms with Crippen LogP contribution >= 0.6 is 0 Å². The molecule has 4 heterocycles. The Balaban J connectivity index is 1.45. The van der Waals surface area contributed by atoms with E-state index in [1.54, 1.807) is 7.11 Å². The number of anilines is 2. The van der Waals surface area contributed by atoms with E-state index < -0.39 is 0 Å². The van der Waals surface area contributed by atoms with Crippen LogP contribution in [0.2, 0.25) is 0 Å². The Bertz CT molecular complexity index is 1230. The zero-order valence-electron chi connectivity index (χ0n) is 18.5. The van der Waals surface area contributed by atoms with E-state index in [2.05, 4.69) is 44.3 Å². The van der Waals surface area contributed by atoms with Gasteiger partial charge in [-0.15, -0.1) is 0 Å². The minimum absolute atomic E-state index is 0.730. The van der Waals surface area contributed by atoms with Crippen molar-refractivity contribution < 1.29 is 4.74 Å². The Kier molecular flexibility index (Phi) is 5.41. The van der Waals surface area contributed by atoms with Gasteiger partial charge in [0.15, 0.2) is 0 Å². The third kappa shape index (κ3) is 3.87. The molecule has 0 saturated carbocycles. The highest BCUT2D eigenvalue weighted by Crippen LogP contribution is 2.30. The van der Waals surface area contributed by atoms with Crippen molar-refractivity contribution in [3.8, 4) is 17.0 Å². The summed E-state index contributed by atoms with van der Waals surface area (Å²) >= 11 is 0. The highest BCUT2D eigenvalue weighted by Gasteiger charge is 2.22. The summed E-state index contributed by atoms with van der Waals surface area (Å²) in [7, 11) is 1.70. The van der Waals surface area contributed by atoms with Gasteiger partial charge in [0.25, 0.3) is 0 Å². The third-order valence-electron chi connectivity index (χ3n) is 6.13. The van der Waals surface area contributed by atoms with Crippen LogP contribution < -0.4 is 15.4 Å². The molecule has 7 heteroatoms.